The van der Waals surface area contributed by atoms with E-state index in [0.717, 1.165) is 81.1 Å². The third kappa shape index (κ3) is 6.15. The zero-order valence-corrected chi connectivity index (χ0v) is 19.1. The molecule has 1 N–H and O–H groups in total. The van der Waals surface area contributed by atoms with Gasteiger partial charge < -0.3 is 9.80 Å². The monoisotopic (exact) mass is 450 g/mol. The Morgan fingerprint density at radius 3 is 2.58 bits per heavy atom. The van der Waals surface area contributed by atoms with Gasteiger partial charge in [0.05, 0.1) is 5.69 Å². The quantitative estimate of drug-likeness (QED) is 0.497. The van der Waals surface area contributed by atoms with Gasteiger partial charge in [-0.2, -0.15) is 5.10 Å². The Morgan fingerprint density at radius 1 is 1.12 bits per heavy atom. The summed E-state index contributed by atoms with van der Waals surface area (Å²) in [5.41, 5.74) is 2.81. The first kappa shape index (κ1) is 22.9. The van der Waals surface area contributed by atoms with E-state index in [1.54, 1.807) is 24.5 Å². The van der Waals surface area contributed by atoms with E-state index in [9.17, 15) is 9.18 Å². The van der Waals surface area contributed by atoms with Crippen molar-refractivity contribution in [2.24, 2.45) is 5.92 Å². The number of unbranched alkanes of at least 4 members (excludes halogenated alkanes) is 2. The van der Waals surface area contributed by atoms with Crippen LogP contribution in [0.4, 0.5) is 10.3 Å². The Bertz CT molecular complexity index is 1010. The van der Waals surface area contributed by atoms with Crippen molar-refractivity contribution < 1.29 is 9.18 Å². The number of H-pyrrole nitrogens is 1. The number of anilines is 1. The number of aryl methyl sites for hydroxylation is 1. The van der Waals surface area contributed by atoms with Gasteiger partial charge in [-0.05, 0) is 68.5 Å². The highest BCUT2D eigenvalue weighted by Gasteiger charge is 2.27. The molecule has 0 aliphatic carbocycles. The van der Waals surface area contributed by atoms with Crippen LogP contribution in [0.1, 0.15) is 37.8 Å². The first-order valence-corrected chi connectivity index (χ1v) is 11.7. The Balaban J connectivity index is 1.13. The Labute approximate surface area is 194 Å². The van der Waals surface area contributed by atoms with E-state index in [2.05, 4.69) is 25.1 Å². The number of aromatic nitrogens is 4. The predicted octanol–water partition coefficient (Wildman–Crippen LogP) is 4.09. The van der Waals surface area contributed by atoms with Crippen molar-refractivity contribution in [1.82, 2.24) is 25.1 Å². The van der Waals surface area contributed by atoms with Gasteiger partial charge in [0.1, 0.15) is 5.82 Å². The third-order valence-electron chi connectivity index (χ3n) is 6.27. The molecule has 0 saturated carbocycles. The summed E-state index contributed by atoms with van der Waals surface area (Å²) in [4.78, 5) is 25.5. The predicted molar refractivity (Wildman–Crippen MR) is 126 cm³/mol. The summed E-state index contributed by atoms with van der Waals surface area (Å²) in [5.74, 6) is 0.843. The van der Waals surface area contributed by atoms with Crippen LogP contribution in [0, 0.1) is 11.7 Å². The normalized spacial score (nSPS) is 14.4. The first-order valence-electron chi connectivity index (χ1n) is 11.7. The molecule has 0 unspecified atom stereocenters. The molecule has 4 rings (SSSR count). The zero-order valence-electron chi connectivity index (χ0n) is 19.1. The number of rotatable bonds is 9. The van der Waals surface area contributed by atoms with Crippen molar-refractivity contribution >= 4 is 11.9 Å². The Hall–Kier alpha value is -3.29. The molecule has 1 amide bonds. The number of nitrogens with zero attached hydrogens (tertiary/aromatic N) is 5. The molecule has 7 nitrogen and oxygen atoms in total. The molecule has 0 atom stereocenters. The highest BCUT2D eigenvalue weighted by molar-refractivity contribution is 5.78. The lowest BCUT2D eigenvalue weighted by Crippen LogP contribution is -2.42. The van der Waals surface area contributed by atoms with Crippen molar-refractivity contribution in [3.05, 3.63) is 60.3 Å². The van der Waals surface area contributed by atoms with E-state index in [1.165, 1.54) is 12.1 Å². The summed E-state index contributed by atoms with van der Waals surface area (Å²) in [6.07, 6.45) is 9.17. The third-order valence-corrected chi connectivity index (χ3v) is 6.27. The van der Waals surface area contributed by atoms with Gasteiger partial charge in [-0.3, -0.25) is 9.89 Å². The summed E-state index contributed by atoms with van der Waals surface area (Å²) in [5, 5.41) is 7.41. The molecule has 3 heterocycles. The number of hydrogen-bond acceptors (Lipinski definition) is 5. The van der Waals surface area contributed by atoms with Gasteiger partial charge >= 0.3 is 0 Å². The van der Waals surface area contributed by atoms with E-state index in [1.807, 2.05) is 24.1 Å². The van der Waals surface area contributed by atoms with Gasteiger partial charge in [0, 0.05) is 56.3 Å². The van der Waals surface area contributed by atoms with Gasteiger partial charge in [0.2, 0.25) is 11.9 Å². The number of piperidine rings is 1. The molecule has 1 aliphatic heterocycles. The number of nitrogens with one attached hydrogen (secondary N) is 1. The molecule has 8 heteroatoms. The number of aromatic amines is 1. The van der Waals surface area contributed by atoms with Crippen LogP contribution in [0.3, 0.4) is 0 Å². The lowest BCUT2D eigenvalue weighted by Gasteiger charge is -2.33. The van der Waals surface area contributed by atoms with Crippen molar-refractivity contribution in [3.63, 3.8) is 0 Å². The van der Waals surface area contributed by atoms with Crippen LogP contribution in [0.15, 0.2) is 48.8 Å². The van der Waals surface area contributed by atoms with Gasteiger partial charge in [-0.25, -0.2) is 14.4 Å². The molecular weight excluding hydrogens is 419 g/mol. The van der Waals surface area contributed by atoms with Gasteiger partial charge in [0.15, 0.2) is 0 Å². The number of benzene rings is 1. The standard InChI is InChI=1S/C25H31FN6O/c1-31(24(33)20-11-16-32(17-12-20)25-27-13-5-14-28-25)15-4-2-3-6-22-18-23(30-29-22)19-7-9-21(26)10-8-19/h5,7-10,13-14,18,20H,2-4,6,11-12,15-17H2,1H3,(H,29,30). The molecular formula is C25H31FN6O. The van der Waals surface area contributed by atoms with Gasteiger partial charge in [-0.1, -0.05) is 6.42 Å². The maximum absolute atomic E-state index is 13.1. The number of hydrogen-bond donors (Lipinski definition) is 1. The average molecular weight is 451 g/mol. The van der Waals surface area contributed by atoms with E-state index >= 15 is 0 Å². The summed E-state index contributed by atoms with van der Waals surface area (Å²) < 4.78 is 13.1. The maximum Gasteiger partial charge on any atom is 0.225 e. The van der Waals surface area contributed by atoms with E-state index in [0.29, 0.717) is 0 Å². The molecule has 1 fully saturated rings. The van der Waals surface area contributed by atoms with Crippen LogP contribution in [-0.2, 0) is 11.2 Å². The molecule has 1 saturated heterocycles. The van der Waals surface area contributed by atoms with Crippen LogP contribution in [0.2, 0.25) is 0 Å². The number of carbonyl (C=O) groups excluding carboxylic acids is 1. The fourth-order valence-electron chi connectivity index (χ4n) is 4.30. The van der Waals surface area contributed by atoms with Crippen LogP contribution in [0.25, 0.3) is 11.3 Å². The van der Waals surface area contributed by atoms with Crippen molar-refractivity contribution in [2.75, 3.05) is 31.6 Å². The van der Waals surface area contributed by atoms with Crippen molar-refractivity contribution in [1.29, 1.82) is 0 Å². The first-order chi connectivity index (χ1) is 16.1. The van der Waals surface area contributed by atoms with E-state index in [-0.39, 0.29) is 17.6 Å². The molecule has 1 aromatic carbocycles. The van der Waals surface area contributed by atoms with E-state index in [4.69, 9.17) is 0 Å². The lowest BCUT2D eigenvalue weighted by molar-refractivity contribution is -0.134. The second-order valence-electron chi connectivity index (χ2n) is 8.67. The fraction of sp³-hybridized carbons (Fsp3) is 0.440. The summed E-state index contributed by atoms with van der Waals surface area (Å²) >= 11 is 0. The lowest BCUT2D eigenvalue weighted by atomic mass is 9.95. The molecule has 33 heavy (non-hydrogen) atoms. The van der Waals surface area contributed by atoms with Crippen LogP contribution in [0.5, 0.6) is 0 Å². The molecule has 2 aromatic heterocycles. The smallest absolute Gasteiger partial charge is 0.225 e. The number of amides is 1. The minimum Gasteiger partial charge on any atom is -0.346 e. The molecule has 0 spiro atoms. The topological polar surface area (TPSA) is 78.0 Å². The van der Waals surface area contributed by atoms with Crippen LogP contribution < -0.4 is 4.90 Å². The van der Waals surface area contributed by atoms with E-state index < -0.39 is 0 Å². The maximum atomic E-state index is 13.1. The van der Waals surface area contributed by atoms with Crippen LogP contribution >= 0.6 is 0 Å². The largest absolute Gasteiger partial charge is 0.346 e. The molecule has 0 radical (unpaired) electrons. The van der Waals surface area contributed by atoms with Gasteiger partial charge in [0.25, 0.3) is 0 Å². The minimum absolute atomic E-state index is 0.0878. The molecule has 1 aliphatic rings. The molecule has 3 aromatic rings. The SMILES string of the molecule is CN(CCCCCc1cc(-c2ccc(F)cc2)n[nH]1)C(=O)C1CCN(c2ncccn2)CC1. The zero-order chi connectivity index (χ0) is 23.0. The molecule has 174 valence electrons. The summed E-state index contributed by atoms with van der Waals surface area (Å²) in [6, 6.07) is 10.2. The van der Waals surface area contributed by atoms with Crippen LogP contribution in [-0.4, -0.2) is 57.7 Å². The minimum atomic E-state index is -0.245. The summed E-state index contributed by atoms with van der Waals surface area (Å²) in [7, 11) is 1.92. The number of halogens is 1. The highest BCUT2D eigenvalue weighted by atomic mass is 19.1. The Morgan fingerprint density at radius 2 is 1.85 bits per heavy atom. The second kappa shape index (κ2) is 11.0. The molecule has 0 bridgehead atoms. The number of carbonyl (C=O) groups is 1. The Kier molecular flexibility index (Phi) is 7.65. The fourth-order valence-corrected chi connectivity index (χ4v) is 4.30. The highest BCUT2D eigenvalue weighted by Crippen LogP contribution is 2.22. The van der Waals surface area contributed by atoms with Crippen molar-refractivity contribution in [3.8, 4) is 11.3 Å². The van der Waals surface area contributed by atoms with Crippen molar-refractivity contribution in [2.45, 2.75) is 38.5 Å². The van der Waals surface area contributed by atoms with Gasteiger partial charge in [-0.15, -0.1) is 0 Å². The second-order valence-corrected chi connectivity index (χ2v) is 8.67. The summed E-state index contributed by atoms with van der Waals surface area (Å²) in [6.45, 7) is 2.42. The average Bonchev–Trinajstić information content (AvgIpc) is 3.33.